The highest BCUT2D eigenvalue weighted by Gasteiger charge is 2.37. The molecule has 0 N–H and O–H groups in total. The average molecular weight is 199 g/mol. The summed E-state index contributed by atoms with van der Waals surface area (Å²) >= 11 is 0. The van der Waals surface area contributed by atoms with Crippen LogP contribution in [0.3, 0.4) is 0 Å². The van der Waals surface area contributed by atoms with E-state index in [-0.39, 0.29) is 12.6 Å². The summed E-state index contributed by atoms with van der Waals surface area (Å²) < 4.78 is 12.3. The zero-order valence-electron chi connectivity index (χ0n) is 8.54. The van der Waals surface area contributed by atoms with Gasteiger partial charge in [0.05, 0.1) is 0 Å². The van der Waals surface area contributed by atoms with Crippen LogP contribution in [-0.4, -0.2) is 36.5 Å². The van der Waals surface area contributed by atoms with Crippen LogP contribution in [0.1, 0.15) is 32.1 Å². The monoisotopic (exact) mass is 199 g/mol. The number of hydrogen-bond donors (Lipinski definition) is 0. The van der Waals surface area contributed by atoms with E-state index >= 15 is 0 Å². The Labute approximate surface area is 84.5 Å². The number of Topliss-reactive ketones (excluding diaryl/α,β-unsaturated/α-hetero) is 1. The number of carbonyl (C=O) groups is 1. The normalized spacial score (nSPS) is 34.2. The van der Waals surface area contributed by atoms with E-state index in [1.54, 1.807) is 0 Å². The highest BCUT2D eigenvalue weighted by atomic mass is 19.1. The molecule has 1 saturated heterocycles. The van der Waals surface area contributed by atoms with Gasteiger partial charge in [-0.1, -0.05) is 0 Å². The van der Waals surface area contributed by atoms with Crippen molar-refractivity contribution in [2.45, 2.75) is 38.1 Å². The molecule has 1 aliphatic carbocycles. The van der Waals surface area contributed by atoms with E-state index in [2.05, 4.69) is 4.90 Å². The summed E-state index contributed by atoms with van der Waals surface area (Å²) in [6.07, 6.45) is 5.06. The number of rotatable bonds is 3. The van der Waals surface area contributed by atoms with Crippen LogP contribution in [0.5, 0.6) is 0 Å². The molecule has 14 heavy (non-hydrogen) atoms. The standard InChI is InChI=1S/C11H18FNO/c12-6-8-13-7-2-4-10(13)9-3-1-5-11(9)14/h9-10H,1-8H2. The first-order valence-corrected chi connectivity index (χ1v) is 5.65. The predicted molar refractivity (Wildman–Crippen MR) is 52.9 cm³/mol. The summed E-state index contributed by atoms with van der Waals surface area (Å²) in [6, 6.07) is 0.362. The van der Waals surface area contributed by atoms with Crippen LogP contribution in [-0.2, 0) is 4.79 Å². The summed E-state index contributed by atoms with van der Waals surface area (Å²) in [4.78, 5) is 13.8. The quantitative estimate of drug-likeness (QED) is 0.690. The van der Waals surface area contributed by atoms with Crippen LogP contribution in [0.15, 0.2) is 0 Å². The van der Waals surface area contributed by atoms with Gasteiger partial charge in [0.25, 0.3) is 0 Å². The highest BCUT2D eigenvalue weighted by molar-refractivity contribution is 5.83. The fourth-order valence-corrected chi connectivity index (χ4v) is 2.94. The predicted octanol–water partition coefficient (Wildman–Crippen LogP) is 1.79. The van der Waals surface area contributed by atoms with Gasteiger partial charge in [0.2, 0.25) is 0 Å². The molecule has 1 aliphatic heterocycles. The number of carbonyl (C=O) groups excluding carboxylic acids is 1. The van der Waals surface area contributed by atoms with Crippen molar-refractivity contribution in [2.24, 2.45) is 5.92 Å². The van der Waals surface area contributed by atoms with E-state index < -0.39 is 0 Å². The zero-order valence-corrected chi connectivity index (χ0v) is 8.54. The number of halogens is 1. The van der Waals surface area contributed by atoms with Crippen LogP contribution in [0.2, 0.25) is 0 Å². The van der Waals surface area contributed by atoms with Crippen LogP contribution < -0.4 is 0 Å². The van der Waals surface area contributed by atoms with Gasteiger partial charge in [0.15, 0.2) is 0 Å². The SMILES string of the molecule is O=C1CCCC1C1CCCN1CCF. The molecular formula is C11H18FNO. The van der Waals surface area contributed by atoms with Gasteiger partial charge in [-0.3, -0.25) is 9.69 Å². The summed E-state index contributed by atoms with van der Waals surface area (Å²) in [5.41, 5.74) is 0. The minimum Gasteiger partial charge on any atom is -0.299 e. The number of alkyl halides is 1. The summed E-state index contributed by atoms with van der Waals surface area (Å²) in [7, 11) is 0. The molecule has 0 bridgehead atoms. The topological polar surface area (TPSA) is 20.3 Å². The molecule has 2 rings (SSSR count). The van der Waals surface area contributed by atoms with Crippen molar-refractivity contribution >= 4 is 5.78 Å². The van der Waals surface area contributed by atoms with Crippen LogP contribution in [0.25, 0.3) is 0 Å². The molecule has 0 aromatic heterocycles. The maximum atomic E-state index is 12.3. The first kappa shape index (κ1) is 10.1. The number of likely N-dealkylation sites (tertiary alicyclic amines) is 1. The summed E-state index contributed by atoms with van der Waals surface area (Å²) in [5.74, 6) is 0.643. The summed E-state index contributed by atoms with van der Waals surface area (Å²) in [6.45, 7) is 1.23. The number of ketones is 1. The fourth-order valence-electron chi connectivity index (χ4n) is 2.94. The van der Waals surface area contributed by atoms with E-state index in [0.717, 1.165) is 38.6 Å². The molecule has 0 amide bonds. The minimum atomic E-state index is -0.280. The second-order valence-corrected chi connectivity index (χ2v) is 4.40. The van der Waals surface area contributed by atoms with Crippen molar-refractivity contribution in [1.29, 1.82) is 0 Å². The van der Waals surface area contributed by atoms with Crippen molar-refractivity contribution in [3.8, 4) is 0 Å². The molecule has 0 aromatic rings. The van der Waals surface area contributed by atoms with E-state index in [1.807, 2.05) is 0 Å². The molecule has 2 atom stereocenters. The Morgan fingerprint density at radius 1 is 1.36 bits per heavy atom. The van der Waals surface area contributed by atoms with E-state index in [4.69, 9.17) is 0 Å². The fraction of sp³-hybridized carbons (Fsp3) is 0.909. The zero-order chi connectivity index (χ0) is 9.97. The van der Waals surface area contributed by atoms with Crippen LogP contribution in [0, 0.1) is 5.92 Å². The molecule has 1 heterocycles. The lowest BCUT2D eigenvalue weighted by molar-refractivity contribution is -0.122. The Morgan fingerprint density at radius 3 is 2.86 bits per heavy atom. The van der Waals surface area contributed by atoms with Gasteiger partial charge in [-0.05, 0) is 32.2 Å². The molecular weight excluding hydrogens is 181 g/mol. The molecule has 2 fully saturated rings. The smallest absolute Gasteiger partial charge is 0.137 e. The third-order valence-electron chi connectivity index (χ3n) is 3.60. The van der Waals surface area contributed by atoms with Gasteiger partial charge in [0.1, 0.15) is 12.5 Å². The van der Waals surface area contributed by atoms with Gasteiger partial charge in [-0.25, -0.2) is 4.39 Å². The van der Waals surface area contributed by atoms with Gasteiger partial charge < -0.3 is 0 Å². The molecule has 0 radical (unpaired) electrons. The lowest BCUT2D eigenvalue weighted by atomic mass is 9.95. The van der Waals surface area contributed by atoms with E-state index in [9.17, 15) is 9.18 Å². The third-order valence-corrected chi connectivity index (χ3v) is 3.60. The molecule has 0 spiro atoms. The van der Waals surface area contributed by atoms with Crippen molar-refractivity contribution in [3.05, 3.63) is 0 Å². The highest BCUT2D eigenvalue weighted by Crippen LogP contribution is 2.32. The van der Waals surface area contributed by atoms with Gasteiger partial charge in [0, 0.05) is 24.9 Å². The Kier molecular flexibility index (Phi) is 3.16. The largest absolute Gasteiger partial charge is 0.299 e. The van der Waals surface area contributed by atoms with Gasteiger partial charge in [-0.2, -0.15) is 0 Å². The molecule has 3 heteroatoms. The lowest BCUT2D eigenvalue weighted by Gasteiger charge is -2.27. The van der Waals surface area contributed by atoms with Crippen molar-refractivity contribution < 1.29 is 9.18 Å². The van der Waals surface area contributed by atoms with Gasteiger partial charge in [-0.15, -0.1) is 0 Å². The molecule has 2 nitrogen and oxygen atoms in total. The molecule has 80 valence electrons. The third kappa shape index (κ3) is 1.83. The molecule has 1 saturated carbocycles. The van der Waals surface area contributed by atoms with E-state index in [0.29, 0.717) is 18.4 Å². The van der Waals surface area contributed by atoms with Crippen LogP contribution in [0.4, 0.5) is 4.39 Å². The molecule has 0 aromatic carbocycles. The Balaban J connectivity index is 1.98. The maximum Gasteiger partial charge on any atom is 0.137 e. The Hall–Kier alpha value is -0.440. The first-order chi connectivity index (χ1) is 6.83. The van der Waals surface area contributed by atoms with E-state index in [1.165, 1.54) is 0 Å². The van der Waals surface area contributed by atoms with Crippen LogP contribution >= 0.6 is 0 Å². The second-order valence-electron chi connectivity index (χ2n) is 4.40. The Bertz CT molecular complexity index is 219. The van der Waals surface area contributed by atoms with Crippen molar-refractivity contribution in [1.82, 2.24) is 4.90 Å². The van der Waals surface area contributed by atoms with Crippen molar-refractivity contribution in [2.75, 3.05) is 19.8 Å². The maximum absolute atomic E-state index is 12.3. The lowest BCUT2D eigenvalue weighted by Crippen LogP contribution is -2.38. The summed E-state index contributed by atoms with van der Waals surface area (Å²) in [5, 5.41) is 0. The average Bonchev–Trinajstić information content (AvgIpc) is 2.74. The minimum absolute atomic E-state index is 0.226. The van der Waals surface area contributed by atoms with Crippen molar-refractivity contribution in [3.63, 3.8) is 0 Å². The van der Waals surface area contributed by atoms with Gasteiger partial charge >= 0.3 is 0 Å². The second kappa shape index (κ2) is 4.39. The first-order valence-electron chi connectivity index (χ1n) is 5.65. The number of nitrogens with zero attached hydrogens (tertiary/aromatic N) is 1. The molecule has 2 aliphatic rings. The molecule has 2 unspecified atom stereocenters. The number of hydrogen-bond acceptors (Lipinski definition) is 2. The Morgan fingerprint density at radius 2 is 2.21 bits per heavy atom.